The van der Waals surface area contributed by atoms with E-state index in [0.717, 1.165) is 13.1 Å². The molecule has 0 aliphatic carbocycles. The summed E-state index contributed by atoms with van der Waals surface area (Å²) in [5.74, 6) is -0.142. The van der Waals surface area contributed by atoms with Crippen molar-refractivity contribution in [1.29, 1.82) is 0 Å². The van der Waals surface area contributed by atoms with E-state index in [-0.39, 0.29) is 18.1 Å². The lowest BCUT2D eigenvalue weighted by atomic mass is 10.0. The number of amides is 1. The summed E-state index contributed by atoms with van der Waals surface area (Å²) in [6, 6.07) is 1.71. The summed E-state index contributed by atoms with van der Waals surface area (Å²) in [4.78, 5) is 11.4. The van der Waals surface area contributed by atoms with E-state index >= 15 is 0 Å². The molecule has 0 saturated carbocycles. The lowest BCUT2D eigenvalue weighted by Crippen LogP contribution is -2.59. The molecule has 1 aromatic rings. The fraction of sp³-hybridized carbons (Fsp3) is 0.600. The second-order valence-electron chi connectivity index (χ2n) is 4.11. The van der Waals surface area contributed by atoms with Crippen LogP contribution in [0, 0.1) is 0 Å². The van der Waals surface area contributed by atoms with Crippen LogP contribution in [0.25, 0.3) is 0 Å². The third-order valence-corrected chi connectivity index (χ3v) is 2.51. The van der Waals surface area contributed by atoms with Crippen molar-refractivity contribution >= 4 is 5.91 Å². The van der Waals surface area contributed by atoms with E-state index in [2.05, 4.69) is 20.3 Å². The number of carbonyl (C=O) groups excluding carboxylic acids is 1. The zero-order valence-corrected chi connectivity index (χ0v) is 9.16. The number of nitrogens with one attached hydrogen (secondary N) is 2. The van der Waals surface area contributed by atoms with Crippen molar-refractivity contribution in [3.8, 4) is 0 Å². The molecular formula is C10H15N3O3. The Labute approximate surface area is 93.3 Å². The highest BCUT2D eigenvalue weighted by atomic mass is 16.5. The fourth-order valence-electron chi connectivity index (χ4n) is 1.39. The van der Waals surface area contributed by atoms with Crippen molar-refractivity contribution in [2.24, 2.45) is 0 Å². The van der Waals surface area contributed by atoms with Crippen LogP contribution in [0.2, 0.25) is 0 Å². The lowest BCUT2D eigenvalue weighted by Gasteiger charge is -2.38. The van der Waals surface area contributed by atoms with Gasteiger partial charge in [-0.15, -0.1) is 0 Å². The highest BCUT2D eigenvalue weighted by molar-refractivity contribution is 5.77. The van der Waals surface area contributed by atoms with Crippen LogP contribution >= 0.6 is 0 Å². The van der Waals surface area contributed by atoms with Crippen LogP contribution in [0.3, 0.4) is 0 Å². The molecule has 6 nitrogen and oxygen atoms in total. The Hall–Kier alpha value is -1.40. The van der Waals surface area contributed by atoms with Gasteiger partial charge in [-0.2, -0.15) is 0 Å². The summed E-state index contributed by atoms with van der Waals surface area (Å²) in [7, 11) is 0. The Bertz CT molecular complexity index is 346. The number of hydrogen-bond donors (Lipinski definition) is 2. The highest BCUT2D eigenvalue weighted by Crippen LogP contribution is 2.14. The van der Waals surface area contributed by atoms with Crippen molar-refractivity contribution in [2.45, 2.75) is 19.1 Å². The summed E-state index contributed by atoms with van der Waals surface area (Å²) >= 11 is 0. The topological polar surface area (TPSA) is 76.4 Å². The Morgan fingerprint density at radius 1 is 1.75 bits per heavy atom. The molecule has 0 bridgehead atoms. The van der Waals surface area contributed by atoms with Crippen LogP contribution in [-0.2, 0) is 16.1 Å². The average molecular weight is 225 g/mol. The van der Waals surface area contributed by atoms with E-state index in [4.69, 9.17) is 4.74 Å². The zero-order valence-electron chi connectivity index (χ0n) is 9.16. The van der Waals surface area contributed by atoms with E-state index in [1.807, 2.05) is 6.92 Å². The SMILES string of the molecule is CC1(OCC(=O)NCc2ccon2)CNC1. The van der Waals surface area contributed by atoms with E-state index in [1.54, 1.807) is 6.07 Å². The first-order chi connectivity index (χ1) is 7.68. The Morgan fingerprint density at radius 2 is 2.56 bits per heavy atom. The Kier molecular flexibility index (Phi) is 3.21. The predicted octanol–water partition coefficient (Wildman–Crippen LogP) is -0.331. The number of rotatable bonds is 5. The maximum absolute atomic E-state index is 11.4. The summed E-state index contributed by atoms with van der Waals surface area (Å²) in [6.07, 6.45) is 1.47. The molecule has 0 radical (unpaired) electrons. The summed E-state index contributed by atoms with van der Waals surface area (Å²) in [5.41, 5.74) is 0.510. The van der Waals surface area contributed by atoms with Crippen LogP contribution in [0.1, 0.15) is 12.6 Å². The highest BCUT2D eigenvalue weighted by Gasteiger charge is 2.32. The van der Waals surface area contributed by atoms with Gasteiger partial charge in [-0.3, -0.25) is 4.79 Å². The largest absolute Gasteiger partial charge is 0.364 e. The second kappa shape index (κ2) is 4.63. The molecule has 1 fully saturated rings. The average Bonchev–Trinajstić information content (AvgIpc) is 2.73. The maximum Gasteiger partial charge on any atom is 0.246 e. The second-order valence-corrected chi connectivity index (χ2v) is 4.11. The van der Waals surface area contributed by atoms with Gasteiger partial charge in [0.25, 0.3) is 0 Å². The van der Waals surface area contributed by atoms with E-state index in [9.17, 15) is 4.79 Å². The van der Waals surface area contributed by atoms with Gasteiger partial charge in [-0.05, 0) is 6.92 Å². The van der Waals surface area contributed by atoms with Gasteiger partial charge in [-0.25, -0.2) is 0 Å². The molecule has 0 aromatic carbocycles. The summed E-state index contributed by atoms with van der Waals surface area (Å²) in [5, 5.41) is 9.48. The molecule has 6 heteroatoms. The number of ether oxygens (including phenoxy) is 1. The minimum atomic E-state index is -0.189. The minimum absolute atomic E-state index is 0.0794. The van der Waals surface area contributed by atoms with E-state index in [1.165, 1.54) is 6.26 Å². The van der Waals surface area contributed by atoms with Crippen molar-refractivity contribution in [3.05, 3.63) is 18.0 Å². The smallest absolute Gasteiger partial charge is 0.246 e. The molecule has 88 valence electrons. The molecule has 2 rings (SSSR count). The van der Waals surface area contributed by atoms with Gasteiger partial charge >= 0.3 is 0 Å². The minimum Gasteiger partial charge on any atom is -0.364 e. The van der Waals surface area contributed by atoms with Crippen molar-refractivity contribution < 1.29 is 14.1 Å². The quantitative estimate of drug-likeness (QED) is 0.717. The van der Waals surface area contributed by atoms with Crippen LogP contribution in [-0.4, -0.2) is 36.4 Å². The number of carbonyl (C=O) groups is 1. The molecule has 1 saturated heterocycles. The van der Waals surface area contributed by atoms with Crippen LogP contribution in [0.4, 0.5) is 0 Å². The molecule has 1 amide bonds. The molecule has 0 unspecified atom stereocenters. The third kappa shape index (κ3) is 2.80. The Balaban J connectivity index is 1.65. The van der Waals surface area contributed by atoms with Crippen molar-refractivity contribution in [2.75, 3.05) is 19.7 Å². The standard InChI is InChI=1S/C10H15N3O3/c1-10(6-11-7-10)15-5-9(14)12-4-8-2-3-16-13-8/h2-3,11H,4-7H2,1H3,(H,12,14). The number of aromatic nitrogens is 1. The molecule has 2 heterocycles. The molecule has 0 spiro atoms. The van der Waals surface area contributed by atoms with Gasteiger partial charge in [0.15, 0.2) is 0 Å². The van der Waals surface area contributed by atoms with Crippen LogP contribution in [0.5, 0.6) is 0 Å². The van der Waals surface area contributed by atoms with Crippen molar-refractivity contribution in [1.82, 2.24) is 15.8 Å². The van der Waals surface area contributed by atoms with Gasteiger partial charge < -0.3 is 19.9 Å². The molecule has 1 aromatic heterocycles. The van der Waals surface area contributed by atoms with Crippen LogP contribution < -0.4 is 10.6 Å². The van der Waals surface area contributed by atoms with Gasteiger partial charge in [-0.1, -0.05) is 5.16 Å². The molecule has 16 heavy (non-hydrogen) atoms. The molecule has 0 atom stereocenters. The normalized spacial score (nSPS) is 17.8. The third-order valence-electron chi connectivity index (χ3n) is 2.51. The summed E-state index contributed by atoms with van der Waals surface area (Å²) in [6.45, 7) is 4.02. The number of nitrogens with zero attached hydrogens (tertiary/aromatic N) is 1. The van der Waals surface area contributed by atoms with Gasteiger partial charge in [0.1, 0.15) is 18.6 Å². The molecule has 1 aliphatic heterocycles. The monoisotopic (exact) mass is 225 g/mol. The first-order valence-corrected chi connectivity index (χ1v) is 5.19. The molecular weight excluding hydrogens is 210 g/mol. The zero-order chi connectivity index (χ0) is 11.4. The van der Waals surface area contributed by atoms with Gasteiger partial charge in [0.05, 0.1) is 12.1 Å². The van der Waals surface area contributed by atoms with Crippen LogP contribution in [0.15, 0.2) is 16.9 Å². The summed E-state index contributed by atoms with van der Waals surface area (Å²) < 4.78 is 10.1. The number of hydrogen-bond acceptors (Lipinski definition) is 5. The van der Waals surface area contributed by atoms with E-state index < -0.39 is 0 Å². The van der Waals surface area contributed by atoms with Gasteiger partial charge in [0, 0.05) is 19.2 Å². The fourth-order valence-corrected chi connectivity index (χ4v) is 1.39. The van der Waals surface area contributed by atoms with E-state index in [0.29, 0.717) is 12.2 Å². The van der Waals surface area contributed by atoms with Gasteiger partial charge in [0.2, 0.25) is 5.91 Å². The molecule has 1 aliphatic rings. The maximum atomic E-state index is 11.4. The molecule has 2 N–H and O–H groups in total. The predicted molar refractivity (Wildman–Crippen MR) is 55.6 cm³/mol. The first-order valence-electron chi connectivity index (χ1n) is 5.19. The lowest BCUT2D eigenvalue weighted by molar-refractivity contribution is -0.136. The Morgan fingerprint density at radius 3 is 3.12 bits per heavy atom. The first kappa shape index (κ1) is 11.1. The van der Waals surface area contributed by atoms with Crippen molar-refractivity contribution in [3.63, 3.8) is 0 Å².